The van der Waals surface area contributed by atoms with Crippen LogP contribution in [0.3, 0.4) is 0 Å². The highest BCUT2D eigenvalue weighted by molar-refractivity contribution is 7.88. The Morgan fingerprint density at radius 1 is 0.329 bits per heavy atom. The summed E-state index contributed by atoms with van der Waals surface area (Å²) in [5.74, 6) is -3.09. The zero-order valence-electron chi connectivity index (χ0n) is 83.5. The molecule has 33 nitrogen and oxygen atoms in total. The quantitative estimate of drug-likeness (QED) is 0.0125. The molecule has 0 bridgehead atoms. The molecule has 0 aliphatic heterocycles. The number of hydrogen-bond donors (Lipinski definition) is 16. The predicted octanol–water partition coefficient (Wildman–Crippen LogP) is 11.5. The van der Waals surface area contributed by atoms with Gasteiger partial charge in [-0.25, -0.2) is 8.42 Å². The minimum atomic E-state index is -3.66. The number of H-pyrrole nitrogens is 4. The Morgan fingerprint density at radius 3 is 0.959 bits per heavy atom. The fourth-order valence-corrected chi connectivity index (χ4v) is 22.0. The summed E-state index contributed by atoms with van der Waals surface area (Å²) in [6.45, 7) is 12.8. The van der Waals surface area contributed by atoms with E-state index in [1.54, 1.807) is 135 Å². The number of sulfonamides is 1. The average Bonchev–Trinajstić information content (AvgIpc) is 1.59. The number of carbonyl (C=O) groups excluding carboxylic acids is 11. The van der Waals surface area contributed by atoms with Crippen molar-refractivity contribution in [2.45, 2.75) is 178 Å². The molecule has 146 heavy (non-hydrogen) atoms. The second-order valence-corrected chi connectivity index (χ2v) is 44.1. The summed E-state index contributed by atoms with van der Waals surface area (Å²) >= 11 is 6.35. The molecule has 0 saturated heterocycles. The fourth-order valence-electron chi connectivity index (χ4n) is 17.5. The van der Waals surface area contributed by atoms with Gasteiger partial charge < -0.3 is 99.7 Å². The summed E-state index contributed by atoms with van der Waals surface area (Å²) in [4.78, 5) is 160. The van der Waals surface area contributed by atoms with Crippen LogP contribution >= 0.6 is 45.3 Å². The van der Waals surface area contributed by atoms with E-state index in [1.807, 2.05) is 234 Å². The Balaban J connectivity index is 0.000000163. The first kappa shape index (κ1) is 109. The van der Waals surface area contributed by atoms with Gasteiger partial charge in [-0.1, -0.05) is 146 Å². The van der Waals surface area contributed by atoms with Crippen LogP contribution in [0.1, 0.15) is 99.9 Å². The van der Waals surface area contributed by atoms with Gasteiger partial charge in [0.2, 0.25) is 76.5 Å². The van der Waals surface area contributed by atoms with Crippen LogP contribution < -0.4 is 64.9 Å². The number of thiophene rings is 4. The second-order valence-electron chi connectivity index (χ2n) is 38.7. The number of amides is 11. The van der Waals surface area contributed by atoms with E-state index in [2.05, 4.69) is 61.9 Å². The van der Waals surface area contributed by atoms with E-state index < -0.39 is 98.7 Å². The van der Waals surface area contributed by atoms with Crippen LogP contribution in [0, 0.1) is 0 Å². The molecule has 0 saturated carbocycles. The summed E-state index contributed by atoms with van der Waals surface area (Å²) in [5, 5.41) is 35.8. The molecule has 20 N–H and O–H groups in total. The van der Waals surface area contributed by atoms with E-state index in [-0.39, 0.29) is 42.4 Å². The van der Waals surface area contributed by atoms with Gasteiger partial charge in [0.1, 0.15) is 42.7 Å². The first-order valence-electron chi connectivity index (χ1n) is 47.4. The van der Waals surface area contributed by atoms with Crippen molar-refractivity contribution in [2.24, 2.45) is 22.9 Å². The van der Waals surface area contributed by atoms with Crippen molar-refractivity contribution < 1.29 is 61.2 Å². The lowest BCUT2D eigenvalue weighted by Crippen LogP contribution is -2.59. The summed E-state index contributed by atoms with van der Waals surface area (Å²) < 4.78 is 31.2. The number of rotatable bonds is 40. The number of fused-ring (bicyclic) bond motifs is 8. The topological polar surface area (TPSA) is 498 Å². The van der Waals surface area contributed by atoms with E-state index in [0.717, 1.165) is 135 Å². The number of nitrogens with zero attached hydrogens (tertiary/aromatic N) is 4. The van der Waals surface area contributed by atoms with Crippen LogP contribution in [0.4, 0.5) is 0 Å². The van der Waals surface area contributed by atoms with Crippen molar-refractivity contribution in [3.05, 3.63) is 285 Å². The zero-order valence-corrected chi connectivity index (χ0v) is 87.6. The van der Waals surface area contributed by atoms with Gasteiger partial charge in [-0.2, -0.15) is 4.72 Å². The maximum absolute atomic E-state index is 14.0. The molecule has 8 aromatic heterocycles. The minimum absolute atomic E-state index is 0.202. The molecule has 8 atom stereocenters. The maximum Gasteiger partial charge on any atom is 0.247 e. The highest BCUT2D eigenvalue weighted by Crippen LogP contribution is 2.34. The molecular weight excluding hydrogens is 1950 g/mol. The third-order valence-electron chi connectivity index (χ3n) is 25.4. The van der Waals surface area contributed by atoms with Crippen LogP contribution in [-0.2, 0) is 114 Å². The van der Waals surface area contributed by atoms with Gasteiger partial charge in [0, 0.05) is 167 Å². The fraction of sp³-hybridized carbons (Fsp3) is 0.306. The summed E-state index contributed by atoms with van der Waals surface area (Å²) in [7, 11) is 2.84. The van der Waals surface area contributed by atoms with E-state index in [4.69, 9.17) is 22.9 Å². The Labute approximate surface area is 862 Å². The monoisotopic (exact) mass is 2070 g/mol. The van der Waals surface area contributed by atoms with Gasteiger partial charge in [-0.05, 0) is 191 Å². The number of aromatic nitrogens is 4. The molecule has 16 rings (SSSR count). The van der Waals surface area contributed by atoms with Crippen molar-refractivity contribution in [2.75, 3.05) is 34.4 Å². The molecule has 38 heteroatoms. The first-order chi connectivity index (χ1) is 69.4. The number of carbonyl (C=O) groups is 11. The Bertz CT molecular complexity index is 7470. The standard InChI is InChI=1S/C28H33N5O3S.2C27H31N5O3S.C26H31N5O4S2/c1-28(2,29)27(36)32(3)23(13-19-16-37-24-12-8-6-10-21(19)24)26(35)33(4)25(31-17-34)14-18-15-30-22-11-7-5-9-20(18)22;1-27(2,28)26(35)32(3)22(12-18-15-36-23-11-7-5-9-20(18)23)25(34)31-24(30-16-33)13-17-14-29-21-10-6-4-8-19(17)21;1-27(2,28)26(35)31-22(12-18-15-36-23-11-7-5-9-20(18)23)25(34)32(3)24(30-16-33)13-17-14-29-21-10-6-4-8-19(17)21;1-26(2,27)25(33)29-21(12-17-15-36-22-11-7-5-9-19(17)22)24(32)30-23(31-37(3,34)35)13-16-14-28-20-10-6-4-8-18(16)20/h5-12,15-17,23,25,30H,13-14,29H2,1-4H3,(H,31,34);4-11,14-16,22,24,29H,12-13,28H2,1-3H3,(H,30,33)(H,31,34);4-11,14-16,22,24,29H,12-13,28H2,1-3H3,(H,30,33)(H,31,35);4-11,14-15,21,23,28,31H,12-13,27H2,1-3H3,(H,29,33)(H,30,32)/t23-,25-;2*22-,24-;21-,23+/m1111/s1. The number of para-hydroxylation sites is 4. The number of benzene rings is 8. The third-order valence-corrected chi connectivity index (χ3v) is 30.1. The molecule has 0 unspecified atom stereocenters. The van der Waals surface area contributed by atoms with Gasteiger partial charge in [0.05, 0.1) is 34.6 Å². The summed E-state index contributed by atoms with van der Waals surface area (Å²) in [6, 6.07) is 59.5. The number of aromatic amines is 4. The number of nitrogens with one attached hydrogen (secondary N) is 12. The van der Waals surface area contributed by atoms with Crippen molar-refractivity contribution in [1.29, 1.82) is 0 Å². The zero-order chi connectivity index (χ0) is 105. The highest BCUT2D eigenvalue weighted by atomic mass is 32.2. The minimum Gasteiger partial charge on any atom is -0.361 e. The van der Waals surface area contributed by atoms with Crippen LogP contribution in [0.15, 0.2) is 240 Å². The van der Waals surface area contributed by atoms with Gasteiger partial charge >= 0.3 is 0 Å². The molecule has 0 aliphatic carbocycles. The van der Waals surface area contributed by atoms with E-state index in [1.165, 1.54) is 19.6 Å². The SMILES string of the molecule is CC(C)(N)C(=O)N[C@H](Cc1csc2ccccc12)C(=O)N[C@H](Cc1c[nH]c2ccccc12)NS(C)(=O)=O.CN(C(=O)C(C)(C)N)[C@H](Cc1csc2ccccc12)C(=O)N[C@H](Cc1c[nH]c2ccccc12)NC=O.CN(C(=O)[C@@H](Cc1csc2ccccc12)N(C)C(=O)C(C)(C)N)[C@H](Cc1c[nH]c2ccccc12)NC=O.CN(C(=O)[C@@H](Cc1csc2ccccc12)NC(=O)C(C)(C)N)[C@H](Cc1c[nH]c2ccccc12)NC=O. The van der Waals surface area contributed by atoms with Crippen LogP contribution in [0.5, 0.6) is 0 Å². The molecule has 0 radical (unpaired) electrons. The van der Waals surface area contributed by atoms with Crippen molar-refractivity contribution >= 4 is 206 Å². The van der Waals surface area contributed by atoms with E-state index in [9.17, 15) is 61.2 Å². The van der Waals surface area contributed by atoms with Crippen molar-refractivity contribution in [3.8, 4) is 0 Å². The van der Waals surface area contributed by atoms with Gasteiger partial charge in [0.15, 0.2) is 0 Å². The molecule has 0 fully saturated rings. The normalized spacial score (nSPS) is 13.5. The van der Waals surface area contributed by atoms with Gasteiger partial charge in [-0.15, -0.1) is 45.3 Å². The molecule has 0 aliphatic rings. The third kappa shape index (κ3) is 27.5. The van der Waals surface area contributed by atoms with Gasteiger partial charge in [-0.3, -0.25) is 52.7 Å². The van der Waals surface area contributed by atoms with Crippen LogP contribution in [0.25, 0.3) is 84.0 Å². The molecule has 16 aromatic rings. The Kier molecular flexibility index (Phi) is 35.6. The molecule has 766 valence electrons. The van der Waals surface area contributed by atoms with Crippen LogP contribution in [0.2, 0.25) is 0 Å². The van der Waals surface area contributed by atoms with E-state index >= 15 is 0 Å². The lowest BCUT2D eigenvalue weighted by Gasteiger charge is -2.36. The maximum atomic E-state index is 14.0. The number of hydrogen-bond acceptors (Lipinski definition) is 21. The molecule has 8 aromatic carbocycles. The van der Waals surface area contributed by atoms with Crippen molar-refractivity contribution in [3.63, 3.8) is 0 Å². The lowest BCUT2D eigenvalue weighted by molar-refractivity contribution is -0.147. The van der Waals surface area contributed by atoms with Crippen LogP contribution in [-0.4, -0.2) is 220 Å². The van der Waals surface area contributed by atoms with Gasteiger partial charge in [0.25, 0.3) is 0 Å². The smallest absolute Gasteiger partial charge is 0.247 e. The first-order valence-corrected chi connectivity index (χ1v) is 52.8. The summed E-state index contributed by atoms with van der Waals surface area (Å²) in [6.07, 6.45) is 9.95. The highest BCUT2D eigenvalue weighted by Gasteiger charge is 2.41. The Hall–Kier alpha value is -14.3. The lowest BCUT2D eigenvalue weighted by atomic mass is 9.99. The number of nitrogens with two attached hydrogens (primary N) is 4. The second kappa shape index (κ2) is 47.7. The molecule has 8 heterocycles. The molecule has 0 spiro atoms. The predicted molar refractivity (Wildman–Crippen MR) is 583 cm³/mol. The average molecular weight is 2070 g/mol. The largest absolute Gasteiger partial charge is 0.361 e. The summed E-state index contributed by atoms with van der Waals surface area (Å²) in [5.41, 5.74) is 31.0. The van der Waals surface area contributed by atoms with Crippen molar-refractivity contribution in [1.82, 2.24) is 81.5 Å². The molecule has 11 amide bonds. The van der Waals surface area contributed by atoms with E-state index in [0.29, 0.717) is 57.8 Å². The Morgan fingerprint density at radius 2 is 0.616 bits per heavy atom. The number of likely N-dealkylation sites (N-methyl/N-ethyl adjacent to an activating group) is 4. The molecular formula is C108H126N20O13S5.